The van der Waals surface area contributed by atoms with Gasteiger partial charge in [-0.3, -0.25) is 9.78 Å². The minimum Gasteiger partial charge on any atom is -0.384 e. The summed E-state index contributed by atoms with van der Waals surface area (Å²) in [4.78, 5) is 19.9. The molecule has 1 N–H and O–H groups in total. The van der Waals surface area contributed by atoms with Gasteiger partial charge in [-0.25, -0.2) is 0 Å². The van der Waals surface area contributed by atoms with Crippen molar-refractivity contribution < 1.29 is 4.79 Å². The van der Waals surface area contributed by atoms with E-state index >= 15 is 0 Å². The van der Waals surface area contributed by atoms with E-state index < -0.39 is 0 Å². The lowest BCUT2D eigenvalue weighted by atomic mass is 10.3. The lowest BCUT2D eigenvalue weighted by molar-refractivity contribution is -0.128. The van der Waals surface area contributed by atoms with Crippen LogP contribution >= 0.6 is 0 Å². The Kier molecular flexibility index (Phi) is 4.60. The maximum atomic E-state index is 11.4. The number of carbonyl (C=O) groups is 1. The summed E-state index contributed by atoms with van der Waals surface area (Å²) in [6.45, 7) is 8.10. The highest BCUT2D eigenvalue weighted by molar-refractivity contribution is 5.73. The molecule has 5 heteroatoms. The highest BCUT2D eigenvalue weighted by Crippen LogP contribution is 2.19. The molecule has 104 valence electrons. The van der Waals surface area contributed by atoms with Crippen molar-refractivity contribution >= 4 is 17.3 Å². The average Bonchev–Trinajstić information content (AvgIpc) is 2.65. The predicted octanol–water partition coefficient (Wildman–Crippen LogP) is 1.57. The second-order valence-corrected chi connectivity index (χ2v) is 4.81. The van der Waals surface area contributed by atoms with Gasteiger partial charge in [-0.05, 0) is 19.4 Å². The first-order valence-electron chi connectivity index (χ1n) is 6.90. The molecule has 0 aromatic carbocycles. The molecule has 0 saturated carbocycles. The van der Waals surface area contributed by atoms with E-state index in [9.17, 15) is 4.79 Å². The summed E-state index contributed by atoms with van der Waals surface area (Å²) in [6.07, 6.45) is 4.74. The Hall–Kier alpha value is -1.78. The van der Waals surface area contributed by atoms with Crippen LogP contribution in [0.4, 0.5) is 11.4 Å². The molecule has 0 bridgehead atoms. The fourth-order valence-electron chi connectivity index (χ4n) is 2.39. The molecule has 0 aliphatic carbocycles. The largest absolute Gasteiger partial charge is 0.384 e. The SMILES string of the molecule is CCNc1cncc(N2CCCN(C(C)=O)CC2)c1. The molecule has 1 aliphatic rings. The van der Waals surface area contributed by atoms with Crippen LogP contribution in [0.15, 0.2) is 18.5 Å². The summed E-state index contributed by atoms with van der Waals surface area (Å²) in [5, 5.41) is 3.28. The van der Waals surface area contributed by atoms with Crippen LogP contribution in [0.25, 0.3) is 0 Å². The van der Waals surface area contributed by atoms with Crippen molar-refractivity contribution in [3.63, 3.8) is 0 Å². The van der Waals surface area contributed by atoms with Crippen molar-refractivity contribution in [2.75, 3.05) is 42.9 Å². The van der Waals surface area contributed by atoms with E-state index in [0.717, 1.165) is 50.5 Å². The molecule has 2 rings (SSSR count). The quantitative estimate of drug-likeness (QED) is 0.898. The Balaban J connectivity index is 2.05. The van der Waals surface area contributed by atoms with Gasteiger partial charge >= 0.3 is 0 Å². The van der Waals surface area contributed by atoms with Crippen LogP contribution in [-0.2, 0) is 4.79 Å². The maximum absolute atomic E-state index is 11.4. The molecule has 2 heterocycles. The summed E-state index contributed by atoms with van der Waals surface area (Å²) in [7, 11) is 0. The Labute approximate surface area is 114 Å². The fourth-order valence-corrected chi connectivity index (χ4v) is 2.39. The van der Waals surface area contributed by atoms with Crippen LogP contribution in [0.2, 0.25) is 0 Å². The number of nitrogens with zero attached hydrogens (tertiary/aromatic N) is 3. The Morgan fingerprint density at radius 3 is 2.89 bits per heavy atom. The number of carbonyl (C=O) groups excluding carboxylic acids is 1. The van der Waals surface area contributed by atoms with Gasteiger partial charge in [0, 0.05) is 39.6 Å². The van der Waals surface area contributed by atoms with Crippen molar-refractivity contribution in [2.45, 2.75) is 20.3 Å². The van der Waals surface area contributed by atoms with Crippen LogP contribution in [0, 0.1) is 0 Å². The van der Waals surface area contributed by atoms with E-state index in [0.29, 0.717) is 0 Å². The van der Waals surface area contributed by atoms with Crippen molar-refractivity contribution in [2.24, 2.45) is 0 Å². The number of amides is 1. The second-order valence-electron chi connectivity index (χ2n) is 4.81. The number of rotatable bonds is 3. The molecule has 1 saturated heterocycles. The van der Waals surface area contributed by atoms with Crippen LogP contribution in [0.5, 0.6) is 0 Å². The molecule has 0 unspecified atom stereocenters. The number of pyridine rings is 1. The highest BCUT2D eigenvalue weighted by atomic mass is 16.2. The standard InChI is InChI=1S/C14H22N4O/c1-3-16-13-9-14(11-15-10-13)18-6-4-5-17(7-8-18)12(2)19/h9-11,16H,3-8H2,1-2H3. The Morgan fingerprint density at radius 1 is 1.32 bits per heavy atom. The molecular weight excluding hydrogens is 240 g/mol. The predicted molar refractivity (Wildman–Crippen MR) is 77.5 cm³/mol. The normalized spacial score (nSPS) is 16.1. The van der Waals surface area contributed by atoms with Gasteiger partial charge in [-0.15, -0.1) is 0 Å². The molecular formula is C14H22N4O. The first-order valence-corrected chi connectivity index (χ1v) is 6.90. The minimum absolute atomic E-state index is 0.168. The molecule has 19 heavy (non-hydrogen) atoms. The summed E-state index contributed by atoms with van der Waals surface area (Å²) < 4.78 is 0. The first kappa shape index (κ1) is 13.6. The number of aromatic nitrogens is 1. The third-order valence-corrected chi connectivity index (χ3v) is 3.41. The van der Waals surface area contributed by atoms with Gasteiger partial charge in [-0.2, -0.15) is 0 Å². The summed E-state index contributed by atoms with van der Waals surface area (Å²) >= 11 is 0. The molecule has 0 radical (unpaired) electrons. The van der Waals surface area contributed by atoms with Gasteiger partial charge in [0.2, 0.25) is 5.91 Å². The number of hydrogen-bond acceptors (Lipinski definition) is 4. The summed E-state index contributed by atoms with van der Waals surface area (Å²) in [6, 6.07) is 2.12. The summed E-state index contributed by atoms with van der Waals surface area (Å²) in [5.74, 6) is 0.168. The molecule has 1 aliphatic heterocycles. The zero-order chi connectivity index (χ0) is 13.7. The van der Waals surface area contributed by atoms with E-state index in [1.54, 1.807) is 6.92 Å². The van der Waals surface area contributed by atoms with Gasteiger partial charge in [0.1, 0.15) is 0 Å². The highest BCUT2D eigenvalue weighted by Gasteiger charge is 2.17. The minimum atomic E-state index is 0.168. The van der Waals surface area contributed by atoms with E-state index in [1.807, 2.05) is 17.3 Å². The second kappa shape index (κ2) is 6.41. The van der Waals surface area contributed by atoms with Gasteiger partial charge in [-0.1, -0.05) is 0 Å². The van der Waals surface area contributed by atoms with Crippen LogP contribution < -0.4 is 10.2 Å². The molecule has 5 nitrogen and oxygen atoms in total. The first-order chi connectivity index (χ1) is 9.20. The van der Waals surface area contributed by atoms with Crippen molar-refractivity contribution in [3.05, 3.63) is 18.5 Å². The molecule has 0 atom stereocenters. The van der Waals surface area contributed by atoms with Crippen LogP contribution in [-0.4, -0.2) is 48.5 Å². The van der Waals surface area contributed by atoms with E-state index in [2.05, 4.69) is 28.2 Å². The van der Waals surface area contributed by atoms with E-state index in [1.165, 1.54) is 0 Å². The average molecular weight is 262 g/mol. The number of nitrogens with one attached hydrogen (secondary N) is 1. The Bertz CT molecular complexity index is 435. The maximum Gasteiger partial charge on any atom is 0.219 e. The lowest BCUT2D eigenvalue weighted by Gasteiger charge is -2.23. The number of anilines is 2. The molecule has 1 amide bonds. The summed E-state index contributed by atoms with van der Waals surface area (Å²) in [5.41, 5.74) is 2.18. The van der Waals surface area contributed by atoms with Crippen LogP contribution in [0.1, 0.15) is 20.3 Å². The van der Waals surface area contributed by atoms with E-state index in [-0.39, 0.29) is 5.91 Å². The van der Waals surface area contributed by atoms with Gasteiger partial charge in [0.25, 0.3) is 0 Å². The van der Waals surface area contributed by atoms with Crippen molar-refractivity contribution in [1.82, 2.24) is 9.88 Å². The third-order valence-electron chi connectivity index (χ3n) is 3.41. The van der Waals surface area contributed by atoms with Gasteiger partial charge < -0.3 is 15.1 Å². The van der Waals surface area contributed by atoms with Gasteiger partial charge in [0.15, 0.2) is 0 Å². The number of hydrogen-bond donors (Lipinski definition) is 1. The molecule has 0 spiro atoms. The lowest BCUT2D eigenvalue weighted by Crippen LogP contribution is -2.33. The van der Waals surface area contributed by atoms with E-state index in [4.69, 9.17) is 0 Å². The molecule has 1 fully saturated rings. The molecule has 1 aromatic rings. The third kappa shape index (κ3) is 3.59. The molecule has 1 aromatic heterocycles. The van der Waals surface area contributed by atoms with Crippen LogP contribution in [0.3, 0.4) is 0 Å². The fraction of sp³-hybridized carbons (Fsp3) is 0.571. The zero-order valence-corrected chi connectivity index (χ0v) is 11.7. The van der Waals surface area contributed by atoms with Crippen molar-refractivity contribution in [3.8, 4) is 0 Å². The monoisotopic (exact) mass is 262 g/mol. The topological polar surface area (TPSA) is 48.5 Å². The Morgan fingerprint density at radius 2 is 2.16 bits per heavy atom. The van der Waals surface area contributed by atoms with Gasteiger partial charge in [0.05, 0.1) is 23.8 Å². The van der Waals surface area contributed by atoms with Crippen molar-refractivity contribution in [1.29, 1.82) is 0 Å². The zero-order valence-electron chi connectivity index (χ0n) is 11.7. The smallest absolute Gasteiger partial charge is 0.219 e.